The van der Waals surface area contributed by atoms with Gasteiger partial charge in [-0.2, -0.15) is 5.10 Å². The Balaban J connectivity index is 1.85. The zero-order valence-electron chi connectivity index (χ0n) is 13.7. The molecule has 1 unspecified atom stereocenters. The fourth-order valence-electron chi connectivity index (χ4n) is 3.06. The van der Waals surface area contributed by atoms with Crippen LogP contribution in [0.3, 0.4) is 0 Å². The maximum Gasteiger partial charge on any atom is 0.257 e. The molecule has 0 radical (unpaired) electrons. The van der Waals surface area contributed by atoms with Crippen molar-refractivity contribution in [3.63, 3.8) is 0 Å². The van der Waals surface area contributed by atoms with E-state index in [0.29, 0.717) is 11.4 Å². The molecule has 0 spiro atoms. The average Bonchev–Trinajstić information content (AvgIpc) is 3.24. The van der Waals surface area contributed by atoms with Crippen LogP contribution in [0.2, 0.25) is 0 Å². The number of aryl methyl sites for hydroxylation is 1. The van der Waals surface area contributed by atoms with Crippen molar-refractivity contribution >= 4 is 11.7 Å². The molecule has 0 saturated carbocycles. The lowest BCUT2D eigenvalue weighted by atomic mass is 10.1. The van der Waals surface area contributed by atoms with Crippen LogP contribution in [0.25, 0.3) is 0 Å². The zero-order chi connectivity index (χ0) is 16.2. The monoisotopic (exact) mass is 313 g/mol. The van der Waals surface area contributed by atoms with Gasteiger partial charge in [-0.15, -0.1) is 0 Å². The molecule has 122 valence electrons. The zero-order valence-corrected chi connectivity index (χ0v) is 13.7. The molecule has 1 saturated heterocycles. The van der Waals surface area contributed by atoms with Crippen molar-refractivity contribution < 1.29 is 4.79 Å². The molecular weight excluding hydrogens is 290 g/mol. The van der Waals surface area contributed by atoms with Gasteiger partial charge in [0.05, 0.1) is 17.3 Å². The van der Waals surface area contributed by atoms with E-state index in [2.05, 4.69) is 22.3 Å². The lowest BCUT2D eigenvalue weighted by molar-refractivity contribution is 0.0793. The second kappa shape index (κ2) is 6.81. The number of hydrogen-bond donors (Lipinski definition) is 1. The third kappa shape index (κ3) is 3.21. The van der Waals surface area contributed by atoms with Gasteiger partial charge >= 0.3 is 0 Å². The molecule has 0 bridgehead atoms. The Bertz CT molecular complexity index is 675. The Morgan fingerprint density at radius 2 is 2.09 bits per heavy atom. The number of carbonyl (C=O) groups excluding carboxylic acids is 1. The molecule has 3 heterocycles. The number of anilines is 1. The van der Waals surface area contributed by atoms with E-state index in [9.17, 15) is 4.79 Å². The van der Waals surface area contributed by atoms with E-state index < -0.39 is 0 Å². The van der Waals surface area contributed by atoms with Gasteiger partial charge in [-0.25, -0.2) is 4.98 Å². The van der Waals surface area contributed by atoms with Crippen LogP contribution in [0.15, 0.2) is 30.6 Å². The van der Waals surface area contributed by atoms with Crippen molar-refractivity contribution in [2.45, 2.75) is 32.2 Å². The maximum absolute atomic E-state index is 12.7. The van der Waals surface area contributed by atoms with Gasteiger partial charge in [0, 0.05) is 32.5 Å². The molecule has 1 aliphatic rings. The smallest absolute Gasteiger partial charge is 0.257 e. The summed E-state index contributed by atoms with van der Waals surface area (Å²) in [6.07, 6.45) is 6.56. The fourth-order valence-corrected chi connectivity index (χ4v) is 3.06. The highest BCUT2D eigenvalue weighted by molar-refractivity contribution is 5.98. The third-order valence-electron chi connectivity index (χ3n) is 4.37. The molecule has 1 atom stereocenters. The van der Waals surface area contributed by atoms with E-state index in [0.717, 1.165) is 38.0 Å². The number of aromatic nitrogens is 3. The van der Waals surface area contributed by atoms with Gasteiger partial charge in [0.1, 0.15) is 5.82 Å². The first-order chi connectivity index (χ1) is 11.2. The summed E-state index contributed by atoms with van der Waals surface area (Å²) in [6.45, 7) is 3.79. The topological polar surface area (TPSA) is 63.1 Å². The van der Waals surface area contributed by atoms with Crippen LogP contribution in [-0.4, -0.2) is 38.7 Å². The van der Waals surface area contributed by atoms with Crippen molar-refractivity contribution in [3.05, 3.63) is 41.9 Å². The number of amides is 1. The number of likely N-dealkylation sites (tertiary alicyclic amines) is 1. The predicted octanol–water partition coefficient (Wildman–Crippen LogP) is 2.61. The van der Waals surface area contributed by atoms with Gasteiger partial charge in [0.25, 0.3) is 5.91 Å². The average molecular weight is 313 g/mol. The maximum atomic E-state index is 12.7. The van der Waals surface area contributed by atoms with Gasteiger partial charge in [0.15, 0.2) is 0 Å². The van der Waals surface area contributed by atoms with Crippen LogP contribution in [-0.2, 0) is 7.05 Å². The number of carbonyl (C=O) groups is 1. The van der Waals surface area contributed by atoms with Crippen LogP contribution < -0.4 is 5.32 Å². The lowest BCUT2D eigenvalue weighted by Gasteiger charge is -2.21. The quantitative estimate of drug-likeness (QED) is 0.921. The molecule has 2 aromatic heterocycles. The molecule has 1 N–H and O–H groups in total. The van der Waals surface area contributed by atoms with Crippen LogP contribution in [0, 0.1) is 0 Å². The molecule has 3 rings (SSSR count). The Labute approximate surface area is 136 Å². The highest BCUT2D eigenvalue weighted by Gasteiger charge is 2.23. The molecule has 1 fully saturated rings. The van der Waals surface area contributed by atoms with E-state index >= 15 is 0 Å². The minimum atomic E-state index is 0.0676. The van der Waals surface area contributed by atoms with Gasteiger partial charge in [-0.05, 0) is 37.5 Å². The molecule has 1 aliphatic heterocycles. The van der Waals surface area contributed by atoms with Crippen LogP contribution in [0.5, 0.6) is 0 Å². The Hall–Kier alpha value is -2.37. The lowest BCUT2D eigenvalue weighted by Crippen LogP contribution is -2.29. The van der Waals surface area contributed by atoms with Crippen molar-refractivity contribution in [3.8, 4) is 0 Å². The molecular formula is C17H23N5O. The van der Waals surface area contributed by atoms with E-state index in [4.69, 9.17) is 0 Å². The van der Waals surface area contributed by atoms with E-state index in [1.54, 1.807) is 12.4 Å². The molecule has 0 aliphatic carbocycles. The van der Waals surface area contributed by atoms with Crippen LogP contribution in [0.4, 0.5) is 5.82 Å². The van der Waals surface area contributed by atoms with Crippen molar-refractivity contribution in [1.82, 2.24) is 19.7 Å². The molecule has 23 heavy (non-hydrogen) atoms. The fraction of sp³-hybridized carbons (Fsp3) is 0.471. The number of nitrogens with one attached hydrogen (secondary N) is 1. The normalized spacial score (nSPS) is 15.7. The second-order valence-corrected chi connectivity index (χ2v) is 5.88. The largest absolute Gasteiger partial charge is 0.361 e. The van der Waals surface area contributed by atoms with Crippen molar-refractivity contribution in [2.75, 3.05) is 18.4 Å². The second-order valence-electron chi connectivity index (χ2n) is 5.88. The Morgan fingerprint density at radius 1 is 1.30 bits per heavy atom. The minimum Gasteiger partial charge on any atom is -0.361 e. The van der Waals surface area contributed by atoms with E-state index in [-0.39, 0.29) is 11.9 Å². The molecule has 2 aromatic rings. The highest BCUT2D eigenvalue weighted by atomic mass is 16.2. The summed E-state index contributed by atoms with van der Waals surface area (Å²) in [5.41, 5.74) is 1.73. The van der Waals surface area contributed by atoms with Crippen molar-refractivity contribution in [2.24, 2.45) is 7.05 Å². The standard InChI is InChI=1S/C17H23N5O/c1-3-14(15-8-10-19-21(15)2)20-16-13(7-6-9-18-16)17(23)22-11-4-5-12-22/h6-10,14H,3-5,11-12H2,1-2H3,(H,18,20). The summed E-state index contributed by atoms with van der Waals surface area (Å²) < 4.78 is 1.85. The molecule has 6 heteroatoms. The Morgan fingerprint density at radius 3 is 2.74 bits per heavy atom. The SMILES string of the molecule is CCC(Nc1ncccc1C(=O)N1CCCC1)c1ccnn1C. The summed E-state index contributed by atoms with van der Waals surface area (Å²) in [7, 11) is 1.92. The first kappa shape index (κ1) is 15.5. The molecule has 6 nitrogen and oxygen atoms in total. The van der Waals surface area contributed by atoms with Gasteiger partial charge in [-0.3, -0.25) is 9.48 Å². The summed E-state index contributed by atoms with van der Waals surface area (Å²) in [5, 5.41) is 7.65. The number of nitrogens with zero attached hydrogens (tertiary/aromatic N) is 4. The molecule has 0 aromatic carbocycles. The summed E-state index contributed by atoms with van der Waals surface area (Å²) in [6, 6.07) is 5.74. The van der Waals surface area contributed by atoms with E-state index in [1.807, 2.05) is 34.8 Å². The first-order valence-corrected chi connectivity index (χ1v) is 8.19. The molecule has 1 amide bonds. The summed E-state index contributed by atoms with van der Waals surface area (Å²) >= 11 is 0. The number of rotatable bonds is 5. The van der Waals surface area contributed by atoms with Crippen LogP contribution >= 0.6 is 0 Å². The number of hydrogen-bond acceptors (Lipinski definition) is 4. The van der Waals surface area contributed by atoms with Gasteiger partial charge in [-0.1, -0.05) is 6.92 Å². The first-order valence-electron chi connectivity index (χ1n) is 8.19. The van der Waals surface area contributed by atoms with Gasteiger partial charge < -0.3 is 10.2 Å². The predicted molar refractivity (Wildman–Crippen MR) is 89.2 cm³/mol. The van der Waals surface area contributed by atoms with Gasteiger partial charge in [0.2, 0.25) is 0 Å². The third-order valence-corrected chi connectivity index (χ3v) is 4.37. The van der Waals surface area contributed by atoms with E-state index in [1.165, 1.54) is 0 Å². The minimum absolute atomic E-state index is 0.0676. The van der Waals surface area contributed by atoms with Crippen molar-refractivity contribution in [1.29, 1.82) is 0 Å². The number of pyridine rings is 1. The summed E-state index contributed by atoms with van der Waals surface area (Å²) in [4.78, 5) is 19.0. The van der Waals surface area contributed by atoms with Crippen LogP contribution in [0.1, 0.15) is 48.3 Å². The highest BCUT2D eigenvalue weighted by Crippen LogP contribution is 2.24. The Kier molecular flexibility index (Phi) is 4.60. The summed E-state index contributed by atoms with van der Waals surface area (Å²) in [5.74, 6) is 0.718.